The van der Waals surface area contributed by atoms with Crippen LogP contribution in [0.2, 0.25) is 10.0 Å². The van der Waals surface area contributed by atoms with Gasteiger partial charge in [0, 0.05) is 30.4 Å². The van der Waals surface area contributed by atoms with Gasteiger partial charge in [0.15, 0.2) is 5.82 Å². The van der Waals surface area contributed by atoms with Gasteiger partial charge in [0.2, 0.25) is 0 Å². The molecule has 0 bridgehead atoms. The van der Waals surface area contributed by atoms with Gasteiger partial charge in [0.05, 0.1) is 27.3 Å². The molecule has 1 aliphatic heterocycles. The van der Waals surface area contributed by atoms with Crippen molar-refractivity contribution >= 4 is 39.8 Å². The molecule has 5 nitrogen and oxygen atoms in total. The van der Waals surface area contributed by atoms with Crippen molar-refractivity contribution in [1.29, 1.82) is 0 Å². The summed E-state index contributed by atoms with van der Waals surface area (Å²) in [6, 6.07) is 5.28. The highest BCUT2D eigenvalue weighted by molar-refractivity contribution is 6.42. The van der Waals surface area contributed by atoms with Gasteiger partial charge in [-0.3, -0.25) is 9.36 Å². The summed E-state index contributed by atoms with van der Waals surface area (Å²) < 4.78 is 30.8. The molecule has 152 valence electrons. The standard InChI is InChI=1S/C20H18Cl2F2N4O/c1-10(2)28-9-26-18-12(19(28)29)5-11(6-15(18)24)27-20(7-25-8-20)16-14(23)4-3-13(21)17(16)22/h3-6,9-10,25,27H,7-8H2,1-2H3. The van der Waals surface area contributed by atoms with Gasteiger partial charge in [0.25, 0.3) is 5.56 Å². The van der Waals surface area contributed by atoms with Crippen LogP contribution in [0, 0.1) is 11.6 Å². The number of hydrogen-bond donors (Lipinski definition) is 2. The van der Waals surface area contributed by atoms with E-state index in [9.17, 15) is 13.6 Å². The maximum atomic E-state index is 14.7. The summed E-state index contributed by atoms with van der Waals surface area (Å²) in [5.41, 5.74) is -0.750. The third-order valence-electron chi connectivity index (χ3n) is 5.16. The number of nitrogens with one attached hydrogen (secondary N) is 2. The van der Waals surface area contributed by atoms with E-state index in [1.165, 1.54) is 35.2 Å². The van der Waals surface area contributed by atoms with E-state index in [4.69, 9.17) is 23.2 Å². The molecular formula is C20H18Cl2F2N4O. The maximum absolute atomic E-state index is 14.7. The molecule has 1 aromatic heterocycles. The van der Waals surface area contributed by atoms with Gasteiger partial charge in [-0.15, -0.1) is 0 Å². The largest absolute Gasteiger partial charge is 0.373 e. The van der Waals surface area contributed by atoms with Crippen LogP contribution in [-0.2, 0) is 5.54 Å². The highest BCUT2D eigenvalue weighted by atomic mass is 35.5. The van der Waals surface area contributed by atoms with E-state index in [-0.39, 0.29) is 38.1 Å². The van der Waals surface area contributed by atoms with Crippen molar-refractivity contribution in [2.45, 2.75) is 25.4 Å². The Morgan fingerprint density at radius 1 is 1.21 bits per heavy atom. The molecule has 0 saturated carbocycles. The van der Waals surface area contributed by atoms with Crippen LogP contribution in [0.1, 0.15) is 25.5 Å². The second kappa shape index (κ2) is 7.23. The average Bonchev–Trinajstić information content (AvgIpc) is 2.63. The lowest BCUT2D eigenvalue weighted by molar-refractivity contribution is 0.307. The fraction of sp³-hybridized carbons (Fsp3) is 0.300. The minimum absolute atomic E-state index is 0.00907. The number of fused-ring (bicyclic) bond motifs is 1. The number of nitrogens with zero attached hydrogens (tertiary/aromatic N) is 2. The van der Waals surface area contributed by atoms with Gasteiger partial charge < -0.3 is 10.6 Å². The highest BCUT2D eigenvalue weighted by Gasteiger charge is 2.43. The van der Waals surface area contributed by atoms with Crippen LogP contribution < -0.4 is 16.2 Å². The van der Waals surface area contributed by atoms with Crippen LogP contribution in [-0.4, -0.2) is 22.6 Å². The topological polar surface area (TPSA) is 59.0 Å². The van der Waals surface area contributed by atoms with Gasteiger partial charge >= 0.3 is 0 Å². The second-order valence-electron chi connectivity index (χ2n) is 7.43. The summed E-state index contributed by atoms with van der Waals surface area (Å²) in [7, 11) is 0. The number of benzene rings is 2. The average molecular weight is 439 g/mol. The van der Waals surface area contributed by atoms with Crippen molar-refractivity contribution in [3.8, 4) is 0 Å². The van der Waals surface area contributed by atoms with Gasteiger partial charge in [-0.2, -0.15) is 0 Å². The molecule has 2 heterocycles. The molecule has 1 aliphatic rings. The number of halogens is 4. The van der Waals surface area contributed by atoms with Crippen LogP contribution in [0.4, 0.5) is 14.5 Å². The summed E-state index contributed by atoms with van der Waals surface area (Å²) >= 11 is 12.4. The van der Waals surface area contributed by atoms with Crippen LogP contribution >= 0.6 is 23.2 Å². The molecule has 0 amide bonds. The van der Waals surface area contributed by atoms with E-state index in [0.717, 1.165) is 0 Å². The molecule has 0 radical (unpaired) electrons. The van der Waals surface area contributed by atoms with Gasteiger partial charge in [-0.05, 0) is 38.1 Å². The summed E-state index contributed by atoms with van der Waals surface area (Å²) in [6.07, 6.45) is 1.34. The molecular weight excluding hydrogens is 421 g/mol. The summed E-state index contributed by atoms with van der Waals surface area (Å²) in [4.78, 5) is 16.8. The minimum Gasteiger partial charge on any atom is -0.373 e. The van der Waals surface area contributed by atoms with E-state index in [1.54, 1.807) is 0 Å². The second-order valence-corrected chi connectivity index (χ2v) is 8.22. The lowest BCUT2D eigenvalue weighted by Gasteiger charge is -2.45. The van der Waals surface area contributed by atoms with E-state index >= 15 is 0 Å². The normalized spacial score (nSPS) is 15.6. The van der Waals surface area contributed by atoms with E-state index < -0.39 is 17.2 Å². The zero-order valence-corrected chi connectivity index (χ0v) is 17.2. The van der Waals surface area contributed by atoms with Crippen molar-refractivity contribution in [1.82, 2.24) is 14.9 Å². The van der Waals surface area contributed by atoms with Gasteiger partial charge in [-0.25, -0.2) is 13.8 Å². The fourth-order valence-corrected chi connectivity index (χ4v) is 4.08. The molecule has 0 unspecified atom stereocenters. The molecule has 4 rings (SSSR count). The molecule has 0 spiro atoms. The van der Waals surface area contributed by atoms with Gasteiger partial charge in [-0.1, -0.05) is 23.2 Å². The molecule has 1 saturated heterocycles. The third kappa shape index (κ3) is 3.27. The third-order valence-corrected chi connectivity index (χ3v) is 5.96. The van der Waals surface area contributed by atoms with Crippen molar-refractivity contribution in [3.05, 3.63) is 68.2 Å². The number of anilines is 1. The van der Waals surface area contributed by atoms with E-state index in [2.05, 4.69) is 15.6 Å². The molecule has 0 aliphatic carbocycles. The summed E-state index contributed by atoms with van der Waals surface area (Å²) in [6.45, 7) is 4.39. The molecule has 2 aromatic carbocycles. The fourth-order valence-electron chi connectivity index (χ4n) is 3.59. The quantitative estimate of drug-likeness (QED) is 0.589. The molecule has 3 aromatic rings. The lowest BCUT2D eigenvalue weighted by Crippen LogP contribution is -2.62. The maximum Gasteiger partial charge on any atom is 0.261 e. The number of rotatable bonds is 4. The van der Waals surface area contributed by atoms with Crippen molar-refractivity contribution in [3.63, 3.8) is 0 Å². The first-order chi connectivity index (χ1) is 13.7. The predicted octanol–water partition coefficient (Wildman–Crippen LogP) is 4.47. The Morgan fingerprint density at radius 2 is 1.93 bits per heavy atom. The monoisotopic (exact) mass is 438 g/mol. The zero-order valence-electron chi connectivity index (χ0n) is 15.7. The molecule has 0 atom stereocenters. The Kier molecular flexibility index (Phi) is 5.01. The Balaban J connectivity index is 1.84. The van der Waals surface area contributed by atoms with E-state index in [0.29, 0.717) is 18.8 Å². The SMILES string of the molecule is CC(C)n1cnc2c(F)cc(NC3(c4c(F)ccc(Cl)c4Cl)CNC3)cc2c1=O. The summed E-state index contributed by atoms with van der Waals surface area (Å²) in [5.74, 6) is -1.16. The Labute approximate surface area is 175 Å². The van der Waals surface area contributed by atoms with Crippen LogP contribution in [0.15, 0.2) is 35.4 Å². The van der Waals surface area contributed by atoms with Crippen LogP contribution in [0.25, 0.3) is 10.9 Å². The molecule has 2 N–H and O–H groups in total. The zero-order chi connectivity index (χ0) is 20.9. The lowest BCUT2D eigenvalue weighted by atomic mass is 9.83. The molecule has 29 heavy (non-hydrogen) atoms. The first kappa shape index (κ1) is 20.1. The van der Waals surface area contributed by atoms with Crippen LogP contribution in [0.3, 0.4) is 0 Å². The van der Waals surface area contributed by atoms with Crippen LogP contribution in [0.5, 0.6) is 0 Å². The summed E-state index contributed by atoms with van der Waals surface area (Å²) in [5, 5.41) is 6.72. The van der Waals surface area contributed by atoms with Crippen molar-refractivity contribution < 1.29 is 8.78 Å². The van der Waals surface area contributed by atoms with E-state index in [1.807, 2.05) is 13.8 Å². The first-order valence-electron chi connectivity index (χ1n) is 9.07. The Morgan fingerprint density at radius 3 is 2.55 bits per heavy atom. The predicted molar refractivity (Wildman–Crippen MR) is 111 cm³/mol. The highest BCUT2D eigenvalue weighted by Crippen LogP contribution is 2.40. The Bertz CT molecular complexity index is 1180. The number of hydrogen-bond acceptors (Lipinski definition) is 4. The number of aromatic nitrogens is 2. The van der Waals surface area contributed by atoms with Crippen molar-refractivity contribution in [2.75, 3.05) is 18.4 Å². The smallest absolute Gasteiger partial charge is 0.261 e. The Hall–Kier alpha value is -2.22. The first-order valence-corrected chi connectivity index (χ1v) is 9.82. The molecule has 9 heteroatoms. The molecule has 1 fully saturated rings. The van der Waals surface area contributed by atoms with Gasteiger partial charge in [0.1, 0.15) is 11.3 Å². The minimum atomic E-state index is -0.925. The van der Waals surface area contributed by atoms with Crippen molar-refractivity contribution in [2.24, 2.45) is 0 Å².